The second-order valence-corrected chi connectivity index (χ2v) is 6.10. The summed E-state index contributed by atoms with van der Waals surface area (Å²) >= 11 is 12.2. The highest BCUT2D eigenvalue weighted by atomic mass is 35.5. The Morgan fingerprint density at radius 3 is 2.58 bits per heavy atom. The first-order valence-electron chi connectivity index (χ1n) is 7.29. The highest BCUT2D eigenvalue weighted by Crippen LogP contribution is 2.34. The van der Waals surface area contributed by atoms with Crippen molar-refractivity contribution in [2.24, 2.45) is 0 Å². The monoisotopic (exact) mass is 364 g/mol. The van der Waals surface area contributed by atoms with Gasteiger partial charge in [-0.2, -0.15) is 5.10 Å². The van der Waals surface area contributed by atoms with Crippen molar-refractivity contribution >= 4 is 29.2 Å². The van der Waals surface area contributed by atoms with Crippen LogP contribution in [0.3, 0.4) is 0 Å². The van der Waals surface area contributed by atoms with Crippen LogP contribution in [0.5, 0.6) is 0 Å². The molecule has 0 radical (unpaired) electrons. The molecule has 1 N–H and O–H groups in total. The number of nitrogens with zero attached hydrogens (tertiary/aromatic N) is 2. The van der Waals surface area contributed by atoms with Gasteiger partial charge in [0.2, 0.25) is 0 Å². The molecule has 3 rings (SSSR count). The number of aromatic nitrogens is 2. The minimum Gasteiger partial charge on any atom is -0.476 e. The van der Waals surface area contributed by atoms with E-state index in [0.29, 0.717) is 39.2 Å². The number of carboxylic acids is 1. The van der Waals surface area contributed by atoms with Crippen LogP contribution in [-0.4, -0.2) is 20.9 Å². The summed E-state index contributed by atoms with van der Waals surface area (Å²) in [6, 6.07) is 8.56. The molecule has 0 spiro atoms. The molecule has 1 aromatic carbocycles. The van der Waals surface area contributed by atoms with Crippen molar-refractivity contribution in [2.45, 2.75) is 20.3 Å². The molecule has 0 aliphatic rings. The predicted octanol–water partition coefficient (Wildman–Crippen LogP) is 5.01. The van der Waals surface area contributed by atoms with Gasteiger partial charge in [0.1, 0.15) is 11.5 Å². The van der Waals surface area contributed by atoms with Gasteiger partial charge in [-0.05, 0) is 43.7 Å². The van der Waals surface area contributed by atoms with Crippen LogP contribution in [0.4, 0.5) is 0 Å². The normalized spacial score (nSPS) is 11.0. The van der Waals surface area contributed by atoms with E-state index in [1.54, 1.807) is 24.3 Å². The molecule has 0 aliphatic heterocycles. The van der Waals surface area contributed by atoms with E-state index in [1.807, 2.05) is 19.9 Å². The molecular weight excluding hydrogens is 351 g/mol. The summed E-state index contributed by atoms with van der Waals surface area (Å²) in [4.78, 5) is 11.6. The van der Waals surface area contributed by atoms with E-state index in [9.17, 15) is 9.90 Å². The molecule has 7 heteroatoms. The standard InChI is InChI=1S/C17H14Cl2N2O3/c1-3-11-15(17(22)23)20-21(13-6-5-10(18)8-12(13)19)16(11)14-7-4-9(2)24-14/h4-8H,3H2,1-2H3,(H,22,23). The van der Waals surface area contributed by atoms with Crippen LogP contribution in [0.1, 0.15) is 28.7 Å². The lowest BCUT2D eigenvalue weighted by atomic mass is 10.1. The van der Waals surface area contributed by atoms with Crippen LogP contribution in [-0.2, 0) is 6.42 Å². The number of furan rings is 1. The first-order valence-corrected chi connectivity index (χ1v) is 8.05. The minimum absolute atomic E-state index is 0.0208. The second-order valence-electron chi connectivity index (χ2n) is 5.25. The summed E-state index contributed by atoms with van der Waals surface area (Å²) in [6.07, 6.45) is 0.488. The lowest BCUT2D eigenvalue weighted by Gasteiger charge is -2.09. The molecule has 124 valence electrons. The quantitative estimate of drug-likeness (QED) is 0.706. The summed E-state index contributed by atoms with van der Waals surface area (Å²) in [6.45, 7) is 3.69. The molecule has 0 amide bonds. The Balaban J connectivity index is 2.34. The third-order valence-corrected chi connectivity index (χ3v) is 4.19. The summed E-state index contributed by atoms with van der Waals surface area (Å²) in [7, 11) is 0. The topological polar surface area (TPSA) is 68.3 Å². The fourth-order valence-electron chi connectivity index (χ4n) is 2.60. The van der Waals surface area contributed by atoms with E-state index >= 15 is 0 Å². The average Bonchev–Trinajstić information content (AvgIpc) is 3.10. The molecule has 5 nitrogen and oxygen atoms in total. The zero-order chi connectivity index (χ0) is 17.4. The van der Waals surface area contributed by atoms with Crippen molar-refractivity contribution in [2.75, 3.05) is 0 Å². The smallest absolute Gasteiger partial charge is 0.356 e. The largest absolute Gasteiger partial charge is 0.476 e. The molecule has 24 heavy (non-hydrogen) atoms. The lowest BCUT2D eigenvalue weighted by molar-refractivity contribution is 0.0689. The van der Waals surface area contributed by atoms with Crippen LogP contribution in [0.25, 0.3) is 17.1 Å². The van der Waals surface area contributed by atoms with Crippen LogP contribution in [0.2, 0.25) is 10.0 Å². The number of hydrogen-bond acceptors (Lipinski definition) is 3. The van der Waals surface area contributed by atoms with Gasteiger partial charge in [-0.15, -0.1) is 0 Å². The molecule has 3 aromatic rings. The zero-order valence-electron chi connectivity index (χ0n) is 13.0. The van der Waals surface area contributed by atoms with Crippen LogP contribution in [0, 0.1) is 6.92 Å². The first-order chi connectivity index (χ1) is 11.4. The third kappa shape index (κ3) is 2.81. The third-order valence-electron chi connectivity index (χ3n) is 3.65. The Kier molecular flexibility index (Phi) is 4.39. The number of carboxylic acid groups (broad SMARTS) is 1. The second kappa shape index (κ2) is 6.34. The van der Waals surface area contributed by atoms with Crippen molar-refractivity contribution in [3.05, 3.63) is 57.4 Å². The van der Waals surface area contributed by atoms with Crippen molar-refractivity contribution in [3.8, 4) is 17.1 Å². The van der Waals surface area contributed by atoms with Gasteiger partial charge in [0, 0.05) is 10.6 Å². The molecule has 0 bridgehead atoms. The Morgan fingerprint density at radius 1 is 1.29 bits per heavy atom. The molecular formula is C17H14Cl2N2O3. The average molecular weight is 365 g/mol. The van der Waals surface area contributed by atoms with Crippen molar-refractivity contribution in [1.29, 1.82) is 0 Å². The molecule has 0 fully saturated rings. The summed E-state index contributed by atoms with van der Waals surface area (Å²) in [5.41, 5.74) is 1.68. The molecule has 2 heterocycles. The van der Waals surface area contributed by atoms with Crippen LogP contribution < -0.4 is 0 Å². The minimum atomic E-state index is -1.10. The van der Waals surface area contributed by atoms with E-state index in [-0.39, 0.29) is 5.69 Å². The van der Waals surface area contributed by atoms with E-state index < -0.39 is 5.97 Å². The fourth-order valence-corrected chi connectivity index (χ4v) is 3.09. The predicted molar refractivity (Wildman–Crippen MR) is 92.4 cm³/mol. The zero-order valence-corrected chi connectivity index (χ0v) is 14.5. The molecule has 0 saturated heterocycles. The maximum absolute atomic E-state index is 11.6. The van der Waals surface area contributed by atoms with Crippen molar-refractivity contribution in [1.82, 2.24) is 9.78 Å². The maximum atomic E-state index is 11.6. The summed E-state index contributed by atoms with van der Waals surface area (Å²) in [5.74, 6) is 0.162. The van der Waals surface area contributed by atoms with Crippen molar-refractivity contribution < 1.29 is 14.3 Å². The van der Waals surface area contributed by atoms with Gasteiger partial charge in [-0.25, -0.2) is 9.48 Å². The van der Waals surface area contributed by atoms with E-state index in [4.69, 9.17) is 27.6 Å². The van der Waals surface area contributed by atoms with E-state index in [2.05, 4.69) is 5.10 Å². The van der Waals surface area contributed by atoms with Crippen LogP contribution in [0.15, 0.2) is 34.7 Å². The first kappa shape index (κ1) is 16.6. The van der Waals surface area contributed by atoms with Crippen LogP contribution >= 0.6 is 23.2 Å². The van der Waals surface area contributed by atoms with Gasteiger partial charge in [-0.3, -0.25) is 0 Å². The van der Waals surface area contributed by atoms with Gasteiger partial charge in [-0.1, -0.05) is 30.1 Å². The number of carbonyl (C=O) groups is 1. The number of benzene rings is 1. The fraction of sp³-hybridized carbons (Fsp3) is 0.176. The highest BCUT2D eigenvalue weighted by Gasteiger charge is 2.25. The molecule has 0 atom stereocenters. The number of aryl methyl sites for hydroxylation is 1. The Bertz CT molecular complexity index is 928. The van der Waals surface area contributed by atoms with Gasteiger partial charge >= 0.3 is 5.97 Å². The maximum Gasteiger partial charge on any atom is 0.356 e. The van der Waals surface area contributed by atoms with E-state index in [1.165, 1.54) is 4.68 Å². The summed E-state index contributed by atoms with van der Waals surface area (Å²) in [5, 5.41) is 14.6. The number of hydrogen-bond donors (Lipinski definition) is 1. The van der Waals surface area contributed by atoms with Gasteiger partial charge in [0.05, 0.1) is 10.7 Å². The van der Waals surface area contributed by atoms with Gasteiger partial charge < -0.3 is 9.52 Å². The highest BCUT2D eigenvalue weighted by molar-refractivity contribution is 6.35. The number of aromatic carboxylic acids is 1. The Morgan fingerprint density at radius 2 is 2.04 bits per heavy atom. The Hall–Kier alpha value is -2.24. The molecule has 0 unspecified atom stereocenters. The molecule has 2 aromatic heterocycles. The van der Waals surface area contributed by atoms with E-state index in [0.717, 1.165) is 5.76 Å². The molecule has 0 aliphatic carbocycles. The number of rotatable bonds is 4. The Labute approximate surface area is 148 Å². The summed E-state index contributed by atoms with van der Waals surface area (Å²) < 4.78 is 7.21. The lowest BCUT2D eigenvalue weighted by Crippen LogP contribution is -2.03. The van der Waals surface area contributed by atoms with Gasteiger partial charge in [0.25, 0.3) is 0 Å². The SMILES string of the molecule is CCc1c(C(=O)O)nn(-c2ccc(Cl)cc2Cl)c1-c1ccc(C)o1. The number of halogens is 2. The molecule has 0 saturated carbocycles. The van der Waals surface area contributed by atoms with Crippen molar-refractivity contribution in [3.63, 3.8) is 0 Å². The van der Waals surface area contributed by atoms with Gasteiger partial charge in [0.15, 0.2) is 11.5 Å².